The summed E-state index contributed by atoms with van der Waals surface area (Å²) in [7, 11) is 1.64. The number of carbonyl (C=O) groups excluding carboxylic acids is 1. The quantitative estimate of drug-likeness (QED) is 0.412. The number of carbonyl (C=O) groups is 1. The molecule has 0 bridgehead atoms. The Balaban J connectivity index is 1.71. The van der Waals surface area contributed by atoms with Crippen LogP contribution in [0, 0.1) is 0 Å². The first kappa shape index (κ1) is 20.0. The molecule has 0 unspecified atom stereocenters. The number of hydrogen-bond acceptors (Lipinski definition) is 4. The highest BCUT2D eigenvalue weighted by atomic mass is 32.1. The first-order valence-corrected chi connectivity index (χ1v) is 10.8. The van der Waals surface area contributed by atoms with Gasteiger partial charge in [0, 0.05) is 29.6 Å². The summed E-state index contributed by atoms with van der Waals surface area (Å²) in [5, 5.41) is 6.15. The van der Waals surface area contributed by atoms with Crippen molar-refractivity contribution in [1.29, 1.82) is 0 Å². The van der Waals surface area contributed by atoms with Crippen molar-refractivity contribution in [3.63, 3.8) is 0 Å². The number of rotatable bonds is 8. The number of nitrogens with one attached hydrogen (secondary N) is 2. The lowest BCUT2D eigenvalue weighted by atomic mass is 9.90. The standard InChI is InChI=1S/C24H24N2O3S/c1-3-29-21-11-10-16(13-22(21)28-2)18(14-26-24(27)23-9-6-12-30-23)19-15-25-20-8-5-4-7-17(19)20/h4-13,15,18,25H,3,14H2,1-2H3,(H,26,27)/t18-/m0/s1. The largest absolute Gasteiger partial charge is 0.493 e. The number of aromatic nitrogens is 1. The van der Waals surface area contributed by atoms with E-state index in [4.69, 9.17) is 9.47 Å². The topological polar surface area (TPSA) is 63.3 Å². The number of ether oxygens (including phenoxy) is 2. The van der Waals surface area contributed by atoms with E-state index in [0.29, 0.717) is 29.5 Å². The van der Waals surface area contributed by atoms with Gasteiger partial charge in [-0.15, -0.1) is 11.3 Å². The van der Waals surface area contributed by atoms with Crippen LogP contribution >= 0.6 is 11.3 Å². The van der Waals surface area contributed by atoms with Crippen LogP contribution in [0.5, 0.6) is 11.5 Å². The van der Waals surface area contributed by atoms with E-state index in [1.165, 1.54) is 11.3 Å². The fourth-order valence-corrected chi connectivity index (χ4v) is 4.30. The summed E-state index contributed by atoms with van der Waals surface area (Å²) in [6.07, 6.45) is 2.02. The lowest BCUT2D eigenvalue weighted by molar-refractivity contribution is 0.0956. The maximum absolute atomic E-state index is 12.6. The van der Waals surface area contributed by atoms with Crippen LogP contribution in [0.25, 0.3) is 10.9 Å². The maximum atomic E-state index is 12.6. The average Bonchev–Trinajstić information content (AvgIpc) is 3.45. The molecule has 0 fully saturated rings. The minimum Gasteiger partial charge on any atom is -0.493 e. The summed E-state index contributed by atoms with van der Waals surface area (Å²) in [4.78, 5) is 16.6. The highest BCUT2D eigenvalue weighted by molar-refractivity contribution is 7.12. The van der Waals surface area contributed by atoms with Crippen LogP contribution in [-0.2, 0) is 0 Å². The van der Waals surface area contributed by atoms with Gasteiger partial charge in [0.25, 0.3) is 5.91 Å². The summed E-state index contributed by atoms with van der Waals surface area (Å²) < 4.78 is 11.2. The second-order valence-corrected chi connectivity index (χ2v) is 7.82. The lowest BCUT2D eigenvalue weighted by Crippen LogP contribution is -2.28. The number of amides is 1. The second kappa shape index (κ2) is 9.05. The zero-order valence-corrected chi connectivity index (χ0v) is 17.8. The summed E-state index contributed by atoms with van der Waals surface area (Å²) >= 11 is 1.44. The van der Waals surface area contributed by atoms with Crippen LogP contribution in [0.15, 0.2) is 66.2 Å². The van der Waals surface area contributed by atoms with Gasteiger partial charge in [-0.05, 0) is 47.7 Å². The second-order valence-electron chi connectivity index (χ2n) is 6.87. The number of aromatic amines is 1. The van der Waals surface area contributed by atoms with Crippen LogP contribution in [0.3, 0.4) is 0 Å². The Hall–Kier alpha value is -3.25. The molecule has 2 aromatic heterocycles. The Bertz CT molecular complexity index is 1130. The fourth-order valence-electron chi connectivity index (χ4n) is 3.65. The minimum absolute atomic E-state index is 0.0466. The molecular weight excluding hydrogens is 396 g/mol. The molecule has 0 saturated heterocycles. The van der Waals surface area contributed by atoms with Crippen LogP contribution in [-0.4, -0.2) is 31.2 Å². The predicted molar refractivity (Wildman–Crippen MR) is 121 cm³/mol. The molecular formula is C24H24N2O3S. The van der Waals surface area contributed by atoms with Gasteiger partial charge in [-0.25, -0.2) is 0 Å². The summed E-state index contributed by atoms with van der Waals surface area (Å²) in [5.41, 5.74) is 3.25. The Morgan fingerprint density at radius 1 is 1.13 bits per heavy atom. The predicted octanol–water partition coefficient (Wildman–Crippen LogP) is 5.20. The van der Waals surface area contributed by atoms with E-state index in [0.717, 1.165) is 22.0 Å². The number of benzene rings is 2. The molecule has 0 saturated carbocycles. The van der Waals surface area contributed by atoms with E-state index in [2.05, 4.69) is 22.4 Å². The molecule has 0 aliphatic carbocycles. The van der Waals surface area contributed by atoms with E-state index < -0.39 is 0 Å². The average molecular weight is 421 g/mol. The summed E-state index contributed by atoms with van der Waals surface area (Å²) in [6, 6.07) is 17.9. The third-order valence-corrected chi connectivity index (χ3v) is 5.97. The highest BCUT2D eigenvalue weighted by Gasteiger charge is 2.21. The van der Waals surface area contributed by atoms with Crippen molar-refractivity contribution in [2.45, 2.75) is 12.8 Å². The molecule has 30 heavy (non-hydrogen) atoms. The molecule has 4 aromatic rings. The van der Waals surface area contributed by atoms with Gasteiger partial charge >= 0.3 is 0 Å². The van der Waals surface area contributed by atoms with Gasteiger partial charge in [-0.2, -0.15) is 0 Å². The molecule has 6 heteroatoms. The van der Waals surface area contributed by atoms with Crippen LogP contribution in [0.2, 0.25) is 0 Å². The Morgan fingerprint density at radius 2 is 2.00 bits per heavy atom. The highest BCUT2D eigenvalue weighted by Crippen LogP contribution is 2.36. The van der Waals surface area contributed by atoms with Crippen LogP contribution in [0.1, 0.15) is 33.6 Å². The Morgan fingerprint density at radius 3 is 2.77 bits per heavy atom. The molecule has 154 valence electrons. The van der Waals surface area contributed by atoms with Crippen molar-refractivity contribution in [2.75, 3.05) is 20.3 Å². The third kappa shape index (κ3) is 4.04. The van der Waals surface area contributed by atoms with Gasteiger partial charge in [0.2, 0.25) is 0 Å². The first-order valence-electron chi connectivity index (χ1n) is 9.89. The van der Waals surface area contributed by atoms with Crippen molar-refractivity contribution in [3.8, 4) is 11.5 Å². The van der Waals surface area contributed by atoms with E-state index >= 15 is 0 Å². The van der Waals surface area contributed by atoms with E-state index in [1.807, 2.05) is 61.0 Å². The van der Waals surface area contributed by atoms with Crippen LogP contribution < -0.4 is 14.8 Å². The first-order chi connectivity index (χ1) is 14.7. The minimum atomic E-state index is -0.0623. The number of hydrogen-bond donors (Lipinski definition) is 2. The number of fused-ring (bicyclic) bond motifs is 1. The number of para-hydroxylation sites is 1. The van der Waals surface area contributed by atoms with Gasteiger partial charge in [0.15, 0.2) is 11.5 Å². The Labute approximate surface area is 179 Å². The SMILES string of the molecule is CCOc1ccc([C@H](CNC(=O)c2cccs2)c2c[nH]c3ccccc23)cc1OC. The molecule has 0 spiro atoms. The molecule has 0 aliphatic heterocycles. The summed E-state index contributed by atoms with van der Waals surface area (Å²) in [5.74, 6) is 1.29. The number of methoxy groups -OCH3 is 1. The van der Waals surface area contributed by atoms with E-state index in [1.54, 1.807) is 7.11 Å². The van der Waals surface area contributed by atoms with Crippen LogP contribution in [0.4, 0.5) is 0 Å². The van der Waals surface area contributed by atoms with Gasteiger partial charge in [0.05, 0.1) is 18.6 Å². The molecule has 1 atom stereocenters. The normalized spacial score (nSPS) is 11.9. The van der Waals surface area contributed by atoms with E-state index in [-0.39, 0.29) is 11.8 Å². The summed E-state index contributed by atoms with van der Waals surface area (Å²) in [6.45, 7) is 2.98. The van der Waals surface area contributed by atoms with Crippen molar-refractivity contribution in [3.05, 3.63) is 82.2 Å². The van der Waals surface area contributed by atoms with Crippen molar-refractivity contribution >= 4 is 28.1 Å². The monoisotopic (exact) mass is 420 g/mol. The van der Waals surface area contributed by atoms with Crippen molar-refractivity contribution in [1.82, 2.24) is 10.3 Å². The molecule has 2 N–H and O–H groups in total. The maximum Gasteiger partial charge on any atom is 0.261 e. The number of H-pyrrole nitrogens is 1. The molecule has 1 amide bonds. The molecule has 0 aliphatic rings. The molecule has 4 rings (SSSR count). The molecule has 5 nitrogen and oxygen atoms in total. The van der Waals surface area contributed by atoms with E-state index in [9.17, 15) is 4.79 Å². The van der Waals surface area contributed by atoms with Crippen molar-refractivity contribution in [2.24, 2.45) is 0 Å². The number of thiophene rings is 1. The zero-order valence-electron chi connectivity index (χ0n) is 17.0. The zero-order chi connectivity index (χ0) is 20.9. The lowest BCUT2D eigenvalue weighted by Gasteiger charge is -2.20. The fraction of sp³-hybridized carbons (Fsp3) is 0.208. The smallest absolute Gasteiger partial charge is 0.261 e. The molecule has 2 heterocycles. The van der Waals surface area contributed by atoms with Gasteiger partial charge < -0.3 is 19.8 Å². The molecule has 2 aromatic carbocycles. The Kier molecular flexibility index (Phi) is 6.05. The van der Waals surface area contributed by atoms with Gasteiger partial charge in [0.1, 0.15) is 0 Å². The van der Waals surface area contributed by atoms with Gasteiger partial charge in [-0.1, -0.05) is 30.3 Å². The third-order valence-electron chi connectivity index (χ3n) is 5.10. The molecule has 0 radical (unpaired) electrons. The van der Waals surface area contributed by atoms with Gasteiger partial charge in [-0.3, -0.25) is 4.79 Å². The van der Waals surface area contributed by atoms with Crippen molar-refractivity contribution < 1.29 is 14.3 Å².